The summed E-state index contributed by atoms with van der Waals surface area (Å²) in [5, 5.41) is 0. The molecule has 2 aromatic carbocycles. The monoisotopic (exact) mass is 268 g/mol. The Balaban J connectivity index is 1.91. The molecule has 2 rings (SSSR count). The van der Waals surface area contributed by atoms with E-state index in [1.54, 1.807) is 0 Å². The maximum absolute atomic E-state index is 6.32. The smallest absolute Gasteiger partial charge is 0.0120 e. The first-order chi connectivity index (χ1) is 9.66. The third-order valence-electron chi connectivity index (χ3n) is 3.98. The van der Waals surface area contributed by atoms with E-state index in [-0.39, 0.29) is 18.0 Å². The van der Waals surface area contributed by atoms with Crippen molar-refractivity contribution >= 4 is 0 Å². The number of rotatable bonds is 6. The Morgan fingerprint density at radius 3 is 1.40 bits per heavy atom. The molecule has 20 heavy (non-hydrogen) atoms. The van der Waals surface area contributed by atoms with Crippen molar-refractivity contribution in [2.24, 2.45) is 17.4 Å². The van der Waals surface area contributed by atoms with Gasteiger partial charge in [0, 0.05) is 12.1 Å². The van der Waals surface area contributed by atoms with Crippen molar-refractivity contribution in [3.05, 3.63) is 71.8 Å². The molecule has 0 bridgehead atoms. The molecule has 0 saturated heterocycles. The molecule has 2 unspecified atom stereocenters. The molecule has 2 aromatic rings. The molecule has 0 saturated carbocycles. The van der Waals surface area contributed by atoms with Gasteiger partial charge in [-0.25, -0.2) is 0 Å². The van der Waals surface area contributed by atoms with Crippen molar-refractivity contribution in [3.63, 3.8) is 0 Å². The third kappa shape index (κ3) is 4.19. The van der Waals surface area contributed by atoms with Gasteiger partial charge in [0.25, 0.3) is 0 Å². The molecular formula is C18H24N2. The van der Waals surface area contributed by atoms with Gasteiger partial charge in [0.2, 0.25) is 0 Å². The molecule has 0 aliphatic rings. The van der Waals surface area contributed by atoms with Crippen molar-refractivity contribution in [1.29, 1.82) is 0 Å². The molecule has 0 spiro atoms. The van der Waals surface area contributed by atoms with Crippen LogP contribution in [0.5, 0.6) is 0 Å². The fraction of sp³-hybridized carbons (Fsp3) is 0.333. The van der Waals surface area contributed by atoms with Gasteiger partial charge in [0.05, 0.1) is 0 Å². The maximum atomic E-state index is 6.32. The molecular weight excluding hydrogens is 244 g/mol. The highest BCUT2D eigenvalue weighted by Crippen LogP contribution is 2.14. The zero-order chi connectivity index (χ0) is 14.4. The molecule has 0 heterocycles. The second-order valence-electron chi connectivity index (χ2n) is 5.57. The summed E-state index contributed by atoms with van der Waals surface area (Å²) in [6.07, 6.45) is 1.76. The van der Waals surface area contributed by atoms with Crippen LogP contribution in [0.2, 0.25) is 0 Å². The van der Waals surface area contributed by atoms with Crippen LogP contribution >= 0.6 is 0 Å². The van der Waals surface area contributed by atoms with Gasteiger partial charge in [-0.2, -0.15) is 0 Å². The lowest BCUT2D eigenvalue weighted by molar-refractivity contribution is 0.373. The van der Waals surface area contributed by atoms with Gasteiger partial charge in [0.15, 0.2) is 0 Å². The highest BCUT2D eigenvalue weighted by Gasteiger charge is 2.20. The predicted molar refractivity (Wildman–Crippen MR) is 85.4 cm³/mol. The summed E-state index contributed by atoms with van der Waals surface area (Å²) in [6.45, 7) is 2.15. The minimum Gasteiger partial charge on any atom is -0.327 e. The number of hydrogen-bond acceptors (Lipinski definition) is 2. The van der Waals surface area contributed by atoms with E-state index in [1.807, 2.05) is 12.1 Å². The van der Waals surface area contributed by atoms with Crippen LogP contribution in [-0.4, -0.2) is 12.1 Å². The quantitative estimate of drug-likeness (QED) is 0.846. The zero-order valence-electron chi connectivity index (χ0n) is 12.1. The number of hydrogen-bond donors (Lipinski definition) is 2. The second kappa shape index (κ2) is 7.22. The molecule has 2 heteroatoms. The van der Waals surface area contributed by atoms with Crippen molar-refractivity contribution < 1.29 is 0 Å². The molecule has 0 aliphatic carbocycles. The Morgan fingerprint density at radius 1 is 0.700 bits per heavy atom. The summed E-state index contributed by atoms with van der Waals surface area (Å²) in [5.74, 6) is 0.287. The van der Waals surface area contributed by atoms with Gasteiger partial charge in [0.1, 0.15) is 0 Å². The van der Waals surface area contributed by atoms with Crippen LogP contribution in [0.15, 0.2) is 60.7 Å². The van der Waals surface area contributed by atoms with Crippen LogP contribution < -0.4 is 11.5 Å². The second-order valence-corrected chi connectivity index (χ2v) is 5.57. The summed E-state index contributed by atoms with van der Waals surface area (Å²) < 4.78 is 0. The molecule has 4 N–H and O–H groups in total. The molecule has 0 aliphatic heterocycles. The van der Waals surface area contributed by atoms with E-state index in [2.05, 4.69) is 55.5 Å². The Hall–Kier alpha value is -1.64. The molecule has 0 fully saturated rings. The third-order valence-corrected chi connectivity index (χ3v) is 3.98. The molecule has 2 nitrogen and oxygen atoms in total. The standard InChI is InChI=1S/C18H24N2/c1-14(17(19)12-15-8-4-2-5-9-15)18(20)13-16-10-6-3-7-11-16/h2-11,14,17-18H,12-13,19-20H2,1H3. The molecule has 0 aromatic heterocycles. The largest absolute Gasteiger partial charge is 0.327 e. The van der Waals surface area contributed by atoms with E-state index in [0.717, 1.165) is 12.8 Å². The lowest BCUT2D eigenvalue weighted by Gasteiger charge is -2.26. The van der Waals surface area contributed by atoms with E-state index < -0.39 is 0 Å². The lowest BCUT2D eigenvalue weighted by Crippen LogP contribution is -2.43. The van der Waals surface area contributed by atoms with Gasteiger partial charge >= 0.3 is 0 Å². The summed E-state index contributed by atoms with van der Waals surface area (Å²) >= 11 is 0. The van der Waals surface area contributed by atoms with Crippen LogP contribution in [0.3, 0.4) is 0 Å². The summed E-state index contributed by atoms with van der Waals surface area (Å²) in [4.78, 5) is 0. The molecule has 0 amide bonds. The average molecular weight is 268 g/mol. The normalized spacial score (nSPS) is 15.6. The highest BCUT2D eigenvalue weighted by atomic mass is 14.7. The van der Waals surface area contributed by atoms with E-state index in [9.17, 15) is 0 Å². The molecule has 0 radical (unpaired) electrons. The molecule has 2 atom stereocenters. The van der Waals surface area contributed by atoms with Crippen molar-refractivity contribution in [3.8, 4) is 0 Å². The van der Waals surface area contributed by atoms with E-state index in [4.69, 9.17) is 11.5 Å². The van der Waals surface area contributed by atoms with Gasteiger partial charge in [-0.3, -0.25) is 0 Å². The van der Waals surface area contributed by atoms with Crippen molar-refractivity contribution in [2.75, 3.05) is 0 Å². The first-order valence-electron chi connectivity index (χ1n) is 7.26. The van der Waals surface area contributed by atoms with E-state index >= 15 is 0 Å². The first kappa shape index (κ1) is 14.8. The fourth-order valence-corrected chi connectivity index (χ4v) is 2.46. The van der Waals surface area contributed by atoms with Crippen LogP contribution in [0.25, 0.3) is 0 Å². The average Bonchev–Trinajstić information content (AvgIpc) is 2.48. The Morgan fingerprint density at radius 2 is 1.05 bits per heavy atom. The van der Waals surface area contributed by atoms with Gasteiger partial charge in [-0.05, 0) is 29.9 Å². The van der Waals surface area contributed by atoms with E-state index in [1.165, 1.54) is 11.1 Å². The lowest BCUT2D eigenvalue weighted by atomic mass is 9.87. The Kier molecular flexibility index (Phi) is 5.33. The highest BCUT2D eigenvalue weighted by molar-refractivity contribution is 5.18. The van der Waals surface area contributed by atoms with Crippen molar-refractivity contribution in [1.82, 2.24) is 0 Å². The predicted octanol–water partition coefficient (Wildman–Crippen LogP) is 2.76. The topological polar surface area (TPSA) is 52.0 Å². The van der Waals surface area contributed by atoms with Crippen molar-refractivity contribution in [2.45, 2.75) is 31.8 Å². The summed E-state index contributed by atoms with van der Waals surface area (Å²) in [5.41, 5.74) is 15.2. The minimum absolute atomic E-state index is 0.0936. The Bertz CT molecular complexity index is 448. The van der Waals surface area contributed by atoms with Crippen LogP contribution in [0, 0.1) is 5.92 Å². The zero-order valence-corrected chi connectivity index (χ0v) is 12.1. The summed E-state index contributed by atoms with van der Waals surface area (Å²) in [7, 11) is 0. The Labute approximate surface area is 121 Å². The van der Waals surface area contributed by atoms with Crippen LogP contribution in [0.1, 0.15) is 18.1 Å². The maximum Gasteiger partial charge on any atom is 0.0120 e. The SMILES string of the molecule is CC(C(N)Cc1ccccc1)C(N)Cc1ccccc1. The van der Waals surface area contributed by atoms with Gasteiger partial charge in [-0.15, -0.1) is 0 Å². The van der Waals surface area contributed by atoms with Crippen LogP contribution in [-0.2, 0) is 12.8 Å². The van der Waals surface area contributed by atoms with Gasteiger partial charge < -0.3 is 11.5 Å². The first-order valence-corrected chi connectivity index (χ1v) is 7.26. The summed E-state index contributed by atoms with van der Waals surface area (Å²) in [6, 6.07) is 20.9. The molecule has 106 valence electrons. The fourth-order valence-electron chi connectivity index (χ4n) is 2.46. The number of nitrogens with two attached hydrogens (primary N) is 2. The number of benzene rings is 2. The minimum atomic E-state index is 0.0936. The van der Waals surface area contributed by atoms with E-state index in [0.29, 0.717) is 0 Å². The van der Waals surface area contributed by atoms with Gasteiger partial charge in [-0.1, -0.05) is 67.6 Å². The van der Waals surface area contributed by atoms with Crippen LogP contribution in [0.4, 0.5) is 0 Å².